The number of alkyl halides is 3. The van der Waals surface area contributed by atoms with Gasteiger partial charge in [0, 0.05) is 36.8 Å². The molecule has 3 N–H and O–H groups in total. The van der Waals surface area contributed by atoms with Gasteiger partial charge in [-0.2, -0.15) is 31.9 Å². The number of anilines is 2. The van der Waals surface area contributed by atoms with Crippen molar-refractivity contribution in [2.45, 2.75) is 75.7 Å². The number of aryl methyl sites for hydroxylation is 1. The van der Waals surface area contributed by atoms with Crippen LogP contribution in [0.2, 0.25) is 0 Å². The normalized spacial score (nSPS) is 25.4. The fraction of sp³-hybridized carbons (Fsp3) is 0.545. The number of rotatable bonds is 7. The van der Waals surface area contributed by atoms with Crippen LogP contribution in [0.3, 0.4) is 0 Å². The number of piperazine rings is 1. The zero-order valence-corrected chi connectivity index (χ0v) is 27.2. The fourth-order valence-electron chi connectivity index (χ4n) is 8.32. The molecule has 0 radical (unpaired) electrons. The average molecular weight is 696 g/mol. The molecule has 4 aliphatic rings. The fourth-order valence-corrected chi connectivity index (χ4v) is 8.32. The lowest BCUT2D eigenvalue weighted by Crippen LogP contribution is -2.59. The van der Waals surface area contributed by atoms with Crippen molar-refractivity contribution in [2.75, 3.05) is 50.5 Å². The summed E-state index contributed by atoms with van der Waals surface area (Å²) >= 11 is 0. The third-order valence-electron chi connectivity index (χ3n) is 10.7. The molecule has 4 saturated heterocycles. The van der Waals surface area contributed by atoms with Crippen LogP contribution in [-0.2, 0) is 6.18 Å². The van der Waals surface area contributed by atoms with E-state index < -0.39 is 63.0 Å². The van der Waals surface area contributed by atoms with Crippen molar-refractivity contribution in [1.29, 1.82) is 0 Å². The van der Waals surface area contributed by atoms with Crippen molar-refractivity contribution < 1.29 is 40.2 Å². The van der Waals surface area contributed by atoms with Crippen LogP contribution in [0.5, 0.6) is 11.9 Å². The van der Waals surface area contributed by atoms with Gasteiger partial charge in [0.05, 0.1) is 29.5 Å². The topological polar surface area (TPSA) is 102 Å². The molecule has 0 amide bonds. The molecule has 0 aliphatic carbocycles. The zero-order chi connectivity index (χ0) is 35.0. The van der Waals surface area contributed by atoms with Gasteiger partial charge in [-0.3, -0.25) is 4.90 Å². The second-order valence-corrected chi connectivity index (χ2v) is 13.7. The Bertz CT molecular complexity index is 1870. The molecule has 3 aromatic rings. The number of nitrogens with zero attached hydrogens (tertiary/aromatic N) is 5. The summed E-state index contributed by atoms with van der Waals surface area (Å²) in [6.45, 7) is 4.68. The van der Waals surface area contributed by atoms with Gasteiger partial charge in [0.15, 0.2) is 11.6 Å². The third kappa shape index (κ3) is 5.50. The largest absolute Gasteiger partial charge is 0.480 e. The van der Waals surface area contributed by atoms with Crippen LogP contribution in [0.25, 0.3) is 22.2 Å². The van der Waals surface area contributed by atoms with Crippen LogP contribution >= 0.6 is 0 Å². The van der Waals surface area contributed by atoms with Gasteiger partial charge in [-0.05, 0) is 63.6 Å². The van der Waals surface area contributed by atoms with E-state index in [1.54, 1.807) is 0 Å². The number of pyridine rings is 1. The summed E-state index contributed by atoms with van der Waals surface area (Å²) in [5.41, 5.74) is -0.390. The maximum atomic E-state index is 16.8. The molecule has 0 saturated carbocycles. The molecular formula is C33H36F7N7O2. The number of halogens is 7. The molecule has 264 valence electrons. The predicted molar refractivity (Wildman–Crippen MR) is 168 cm³/mol. The molecule has 2 bridgehead atoms. The van der Waals surface area contributed by atoms with Gasteiger partial charge in [0.25, 0.3) is 6.08 Å². The Morgan fingerprint density at radius 3 is 2.61 bits per heavy atom. The highest BCUT2D eigenvalue weighted by Gasteiger charge is 2.49. The highest BCUT2D eigenvalue weighted by atomic mass is 19.4. The van der Waals surface area contributed by atoms with Crippen LogP contribution in [0.1, 0.15) is 56.6 Å². The number of ether oxygens (including phenoxy) is 2. The molecule has 2 unspecified atom stereocenters. The molecule has 4 aliphatic heterocycles. The van der Waals surface area contributed by atoms with Crippen LogP contribution in [-0.4, -0.2) is 76.9 Å². The Morgan fingerprint density at radius 1 is 1.14 bits per heavy atom. The minimum absolute atomic E-state index is 0.0236. The van der Waals surface area contributed by atoms with Crippen LogP contribution in [0.15, 0.2) is 17.7 Å². The maximum Gasteiger partial charge on any atom is 0.417 e. The number of nitrogens with one attached hydrogen (secondary N) is 1. The minimum atomic E-state index is -5.09. The van der Waals surface area contributed by atoms with E-state index >= 15 is 8.78 Å². The van der Waals surface area contributed by atoms with Gasteiger partial charge in [-0.1, -0.05) is 6.92 Å². The summed E-state index contributed by atoms with van der Waals surface area (Å²) in [6.07, 6.45) is -2.84. The first-order valence-electron chi connectivity index (χ1n) is 16.2. The summed E-state index contributed by atoms with van der Waals surface area (Å²) in [6, 6.07) is 0.600. The Morgan fingerprint density at radius 2 is 1.92 bits per heavy atom. The van der Waals surface area contributed by atoms with Crippen molar-refractivity contribution in [2.24, 2.45) is 0 Å². The number of hydrogen-bond donors (Lipinski definition) is 2. The number of hydrogen-bond acceptors (Lipinski definition) is 9. The molecule has 2 aromatic heterocycles. The first-order chi connectivity index (χ1) is 23.2. The number of benzene rings is 1. The number of fused-ring (bicyclic) bond motifs is 4. The number of nitrogen functional groups attached to an aromatic ring is 1. The quantitative estimate of drug-likeness (QED) is 0.216. The lowest BCUT2D eigenvalue weighted by molar-refractivity contribution is -0.137. The number of methoxy groups -OCH3 is 1. The highest BCUT2D eigenvalue weighted by molar-refractivity contribution is 5.97. The zero-order valence-electron chi connectivity index (χ0n) is 27.2. The summed E-state index contributed by atoms with van der Waals surface area (Å²) in [4.78, 5) is 17.0. The van der Waals surface area contributed by atoms with Gasteiger partial charge in [0.1, 0.15) is 29.0 Å². The van der Waals surface area contributed by atoms with E-state index in [2.05, 4.69) is 22.2 Å². The molecule has 7 rings (SSSR count). The van der Waals surface area contributed by atoms with Crippen molar-refractivity contribution in [3.63, 3.8) is 0 Å². The predicted octanol–water partition coefficient (Wildman–Crippen LogP) is 6.38. The van der Waals surface area contributed by atoms with E-state index in [0.29, 0.717) is 26.1 Å². The van der Waals surface area contributed by atoms with Crippen LogP contribution in [0.4, 0.5) is 42.2 Å². The van der Waals surface area contributed by atoms with Crippen molar-refractivity contribution in [1.82, 2.24) is 25.2 Å². The lowest BCUT2D eigenvalue weighted by Gasteiger charge is -2.42. The van der Waals surface area contributed by atoms with E-state index in [1.807, 2.05) is 9.80 Å². The van der Waals surface area contributed by atoms with Crippen molar-refractivity contribution in [3.05, 3.63) is 40.5 Å². The van der Waals surface area contributed by atoms with Crippen LogP contribution in [0, 0.1) is 18.6 Å². The van der Waals surface area contributed by atoms with Gasteiger partial charge in [-0.25, -0.2) is 13.8 Å². The lowest BCUT2D eigenvalue weighted by atomic mass is 9.93. The minimum Gasteiger partial charge on any atom is -0.480 e. The van der Waals surface area contributed by atoms with Gasteiger partial charge < -0.3 is 25.4 Å². The molecule has 16 heteroatoms. The molecule has 9 nitrogen and oxygen atoms in total. The van der Waals surface area contributed by atoms with Crippen molar-refractivity contribution >= 4 is 22.4 Å². The van der Waals surface area contributed by atoms with E-state index in [9.17, 15) is 22.0 Å². The smallest absolute Gasteiger partial charge is 0.417 e. The van der Waals surface area contributed by atoms with E-state index in [4.69, 9.17) is 20.2 Å². The first kappa shape index (κ1) is 33.6. The summed E-state index contributed by atoms with van der Waals surface area (Å²) in [5.74, 6) is -2.98. The molecule has 0 spiro atoms. The number of aromatic nitrogens is 3. The van der Waals surface area contributed by atoms with Gasteiger partial charge in [0.2, 0.25) is 5.88 Å². The highest BCUT2D eigenvalue weighted by Crippen LogP contribution is 2.47. The molecule has 4 fully saturated rings. The average Bonchev–Trinajstić information content (AvgIpc) is 3.71. The van der Waals surface area contributed by atoms with E-state index in [0.717, 1.165) is 38.7 Å². The Hall–Kier alpha value is -3.92. The third-order valence-corrected chi connectivity index (χ3v) is 10.7. The van der Waals surface area contributed by atoms with Crippen LogP contribution < -0.4 is 25.4 Å². The standard InChI is InChI=1S/C33H36F7N7O2/c1-4-31-8-6-18(45-31)13-46(14-31)28-21-26(43-30(44-28)49-15-32-7-5-9-47(32)12-17(11-32)27(36)37)24(35)25(42-29(21)48-3)20-22(33(38,39)40)16(2)10-19(41)23(20)34/h10,18,45H,4-9,11-15,41H2,1-3H3/t18?,31?,32-/m0/s1. The number of nitrogens with two attached hydrogens (primary N) is 1. The summed E-state index contributed by atoms with van der Waals surface area (Å²) in [7, 11) is 1.21. The van der Waals surface area contributed by atoms with Gasteiger partial charge in [-0.15, -0.1) is 0 Å². The second kappa shape index (κ2) is 11.9. The molecule has 1 aromatic carbocycles. The molecular weight excluding hydrogens is 659 g/mol. The van der Waals surface area contributed by atoms with Gasteiger partial charge >= 0.3 is 12.2 Å². The monoisotopic (exact) mass is 695 g/mol. The van der Waals surface area contributed by atoms with E-state index in [1.165, 1.54) is 7.11 Å². The summed E-state index contributed by atoms with van der Waals surface area (Å²) < 4.78 is 115. The molecule has 6 heterocycles. The Kier molecular flexibility index (Phi) is 8.12. The molecule has 3 atom stereocenters. The maximum absolute atomic E-state index is 16.8. The molecule has 49 heavy (non-hydrogen) atoms. The SMILES string of the molecule is CCC12CCC(CN(c3nc(OC[C@@]45CCCN4CC(=C(F)F)C5)nc4c(F)c(-c5c(F)c(N)cc(C)c5C(F)(F)F)nc(OC)c34)C1)N2. The summed E-state index contributed by atoms with van der Waals surface area (Å²) in [5, 5.41) is 3.63. The second-order valence-electron chi connectivity index (χ2n) is 13.7. The van der Waals surface area contributed by atoms with Crippen molar-refractivity contribution in [3.8, 4) is 23.1 Å². The first-order valence-corrected chi connectivity index (χ1v) is 16.2. The Balaban J connectivity index is 1.42. The Labute approximate surface area is 277 Å². The van der Waals surface area contributed by atoms with E-state index in [-0.39, 0.29) is 59.8 Å².